The fraction of sp³-hybridized carbons (Fsp3) is 1.00. The van der Waals surface area contributed by atoms with Crippen LogP contribution in [-0.4, -0.2) is 38.7 Å². The van der Waals surface area contributed by atoms with Crippen molar-refractivity contribution in [2.75, 3.05) is 18.1 Å². The second kappa shape index (κ2) is 5.65. The van der Waals surface area contributed by atoms with Crippen LogP contribution >= 0.6 is 0 Å². The molecule has 5 nitrogen and oxygen atoms in total. The SMILES string of the molecule is NNC(CCC1CCCO1)C1CCS(=O)(=O)C1. The number of hydrogen-bond donors (Lipinski definition) is 2. The molecule has 0 amide bonds. The lowest BCUT2D eigenvalue weighted by Crippen LogP contribution is -2.41. The molecule has 0 saturated carbocycles. The molecule has 2 rings (SSSR count). The zero-order valence-electron chi connectivity index (χ0n) is 10.1. The van der Waals surface area contributed by atoms with Gasteiger partial charge in [0.05, 0.1) is 17.6 Å². The number of rotatable bonds is 5. The summed E-state index contributed by atoms with van der Waals surface area (Å²) in [5.41, 5.74) is 2.79. The van der Waals surface area contributed by atoms with Gasteiger partial charge < -0.3 is 4.74 Å². The van der Waals surface area contributed by atoms with Gasteiger partial charge in [-0.15, -0.1) is 0 Å². The highest BCUT2D eigenvalue weighted by molar-refractivity contribution is 7.91. The molecule has 3 N–H and O–H groups in total. The predicted octanol–water partition coefficient (Wildman–Crippen LogP) is 0.212. The first-order valence-corrected chi connectivity index (χ1v) is 8.21. The Morgan fingerprint density at radius 1 is 1.41 bits per heavy atom. The van der Waals surface area contributed by atoms with Crippen LogP contribution in [0.2, 0.25) is 0 Å². The molecule has 2 fully saturated rings. The molecule has 0 aliphatic carbocycles. The van der Waals surface area contributed by atoms with Gasteiger partial charge in [-0.25, -0.2) is 8.42 Å². The van der Waals surface area contributed by atoms with E-state index in [1.165, 1.54) is 0 Å². The Morgan fingerprint density at radius 3 is 2.76 bits per heavy atom. The largest absolute Gasteiger partial charge is 0.378 e. The first-order valence-electron chi connectivity index (χ1n) is 6.39. The summed E-state index contributed by atoms with van der Waals surface area (Å²) in [6, 6.07) is 0.108. The molecule has 2 aliphatic heterocycles. The van der Waals surface area contributed by atoms with Crippen molar-refractivity contribution in [2.24, 2.45) is 11.8 Å². The lowest BCUT2D eigenvalue weighted by atomic mass is 9.94. The van der Waals surface area contributed by atoms with Gasteiger partial charge in [-0.1, -0.05) is 0 Å². The Morgan fingerprint density at radius 2 is 2.24 bits per heavy atom. The van der Waals surface area contributed by atoms with Crippen LogP contribution < -0.4 is 11.3 Å². The third-order valence-corrected chi connectivity index (χ3v) is 5.67. The molecule has 0 aromatic carbocycles. The van der Waals surface area contributed by atoms with E-state index in [0.717, 1.165) is 38.7 Å². The minimum absolute atomic E-state index is 0.108. The average molecular weight is 262 g/mol. The van der Waals surface area contributed by atoms with E-state index >= 15 is 0 Å². The van der Waals surface area contributed by atoms with Crippen LogP contribution in [0.3, 0.4) is 0 Å². The van der Waals surface area contributed by atoms with Crippen LogP contribution in [-0.2, 0) is 14.6 Å². The molecular formula is C11H22N2O3S. The maximum Gasteiger partial charge on any atom is 0.150 e. The first kappa shape index (κ1) is 13.3. The van der Waals surface area contributed by atoms with Crippen LogP contribution in [0.15, 0.2) is 0 Å². The summed E-state index contributed by atoms with van der Waals surface area (Å²) in [7, 11) is -2.81. The number of hydrogen-bond acceptors (Lipinski definition) is 5. The number of nitrogens with two attached hydrogens (primary N) is 1. The second-order valence-corrected chi connectivity index (χ2v) is 7.38. The van der Waals surface area contributed by atoms with E-state index in [9.17, 15) is 8.42 Å². The molecule has 3 atom stereocenters. The van der Waals surface area contributed by atoms with Crippen molar-refractivity contribution in [1.29, 1.82) is 0 Å². The summed E-state index contributed by atoms with van der Waals surface area (Å²) in [5, 5.41) is 0. The van der Waals surface area contributed by atoms with Crippen LogP contribution in [0.5, 0.6) is 0 Å². The topological polar surface area (TPSA) is 81.4 Å². The van der Waals surface area contributed by atoms with E-state index < -0.39 is 9.84 Å². The molecule has 0 spiro atoms. The summed E-state index contributed by atoms with van der Waals surface area (Å²) < 4.78 is 28.4. The first-order chi connectivity index (χ1) is 8.11. The van der Waals surface area contributed by atoms with E-state index in [4.69, 9.17) is 10.6 Å². The van der Waals surface area contributed by atoms with Gasteiger partial charge in [0.25, 0.3) is 0 Å². The van der Waals surface area contributed by atoms with E-state index in [-0.39, 0.29) is 17.7 Å². The maximum atomic E-state index is 11.4. The van der Waals surface area contributed by atoms with Crippen LogP contribution in [0, 0.1) is 5.92 Å². The van der Waals surface area contributed by atoms with Crippen molar-refractivity contribution in [1.82, 2.24) is 5.43 Å². The Balaban J connectivity index is 1.80. The van der Waals surface area contributed by atoms with Crippen LogP contribution in [0.1, 0.15) is 32.1 Å². The van der Waals surface area contributed by atoms with E-state index in [2.05, 4.69) is 5.43 Å². The van der Waals surface area contributed by atoms with Gasteiger partial charge in [0.2, 0.25) is 0 Å². The monoisotopic (exact) mass is 262 g/mol. The standard InChI is InChI=1S/C11H22N2O3S/c12-13-11(4-3-10-2-1-6-16-10)9-5-7-17(14,15)8-9/h9-11,13H,1-8,12H2. The van der Waals surface area contributed by atoms with Crippen molar-refractivity contribution in [2.45, 2.75) is 44.2 Å². The third kappa shape index (κ3) is 3.64. The smallest absolute Gasteiger partial charge is 0.150 e. The average Bonchev–Trinajstić information content (AvgIpc) is 2.89. The summed E-state index contributed by atoms with van der Waals surface area (Å²) in [5.74, 6) is 6.31. The number of ether oxygens (including phenoxy) is 1. The van der Waals surface area contributed by atoms with Gasteiger partial charge in [-0.2, -0.15) is 0 Å². The Bertz CT molecular complexity index is 339. The third-order valence-electron chi connectivity index (χ3n) is 3.87. The Labute approximate surface area is 103 Å². The molecule has 0 bridgehead atoms. The maximum absolute atomic E-state index is 11.4. The summed E-state index contributed by atoms with van der Waals surface area (Å²) in [4.78, 5) is 0. The summed E-state index contributed by atoms with van der Waals surface area (Å²) in [6.45, 7) is 0.864. The molecule has 2 saturated heterocycles. The molecule has 0 aromatic heterocycles. The molecule has 17 heavy (non-hydrogen) atoms. The van der Waals surface area contributed by atoms with Gasteiger partial charge in [-0.3, -0.25) is 11.3 Å². The predicted molar refractivity (Wildman–Crippen MR) is 66.1 cm³/mol. The van der Waals surface area contributed by atoms with Gasteiger partial charge in [0, 0.05) is 12.6 Å². The van der Waals surface area contributed by atoms with Gasteiger partial charge in [-0.05, 0) is 38.0 Å². The highest BCUT2D eigenvalue weighted by Gasteiger charge is 2.33. The number of nitrogens with one attached hydrogen (secondary N) is 1. The Kier molecular flexibility index (Phi) is 4.41. The molecule has 0 aromatic rings. The Hall–Kier alpha value is -0.170. The van der Waals surface area contributed by atoms with Crippen LogP contribution in [0.4, 0.5) is 0 Å². The van der Waals surface area contributed by atoms with Gasteiger partial charge in [0.1, 0.15) is 0 Å². The fourth-order valence-electron chi connectivity index (χ4n) is 2.83. The fourth-order valence-corrected chi connectivity index (χ4v) is 4.71. The lowest BCUT2D eigenvalue weighted by molar-refractivity contribution is 0.0976. The van der Waals surface area contributed by atoms with Crippen molar-refractivity contribution < 1.29 is 13.2 Å². The molecular weight excluding hydrogens is 240 g/mol. The van der Waals surface area contributed by atoms with Gasteiger partial charge >= 0.3 is 0 Å². The minimum atomic E-state index is -2.81. The van der Waals surface area contributed by atoms with Crippen molar-refractivity contribution in [3.63, 3.8) is 0 Å². The second-order valence-electron chi connectivity index (χ2n) is 5.15. The normalized spacial score (nSPS) is 33.9. The summed E-state index contributed by atoms with van der Waals surface area (Å²) >= 11 is 0. The molecule has 0 radical (unpaired) electrons. The van der Waals surface area contributed by atoms with Crippen LogP contribution in [0.25, 0.3) is 0 Å². The van der Waals surface area contributed by atoms with E-state index in [1.807, 2.05) is 0 Å². The molecule has 2 heterocycles. The van der Waals surface area contributed by atoms with Crippen molar-refractivity contribution in [3.8, 4) is 0 Å². The minimum Gasteiger partial charge on any atom is -0.378 e. The van der Waals surface area contributed by atoms with Crippen molar-refractivity contribution in [3.05, 3.63) is 0 Å². The number of sulfone groups is 1. The quantitative estimate of drug-likeness (QED) is 0.547. The van der Waals surface area contributed by atoms with E-state index in [0.29, 0.717) is 11.9 Å². The number of hydrazine groups is 1. The lowest BCUT2D eigenvalue weighted by Gasteiger charge is -2.22. The molecule has 2 aliphatic rings. The summed E-state index contributed by atoms with van der Waals surface area (Å²) in [6.07, 6.45) is 5.24. The molecule has 3 unspecified atom stereocenters. The van der Waals surface area contributed by atoms with E-state index in [1.54, 1.807) is 0 Å². The van der Waals surface area contributed by atoms with Gasteiger partial charge in [0.15, 0.2) is 9.84 Å². The molecule has 100 valence electrons. The highest BCUT2D eigenvalue weighted by Crippen LogP contribution is 2.26. The zero-order valence-corrected chi connectivity index (χ0v) is 10.9. The zero-order chi connectivity index (χ0) is 12.3. The highest BCUT2D eigenvalue weighted by atomic mass is 32.2. The van der Waals surface area contributed by atoms with Crippen molar-refractivity contribution >= 4 is 9.84 Å². The molecule has 6 heteroatoms.